The molecule has 0 radical (unpaired) electrons. The summed E-state index contributed by atoms with van der Waals surface area (Å²) in [5, 5.41) is 0. The minimum atomic E-state index is -0.447. The maximum absolute atomic E-state index is 12.8. The Balaban J connectivity index is 4.45. The van der Waals surface area contributed by atoms with Crippen LogP contribution in [0.25, 0.3) is 0 Å². The van der Waals surface area contributed by atoms with Crippen molar-refractivity contribution in [3.63, 3.8) is 0 Å². The highest BCUT2D eigenvalue weighted by atomic mass is 19.1. The molecule has 0 aliphatic carbocycles. The molecule has 0 saturated heterocycles. The molecule has 0 aromatic heterocycles. The Kier molecular flexibility index (Phi) is 3.47. The van der Waals surface area contributed by atoms with E-state index in [1.807, 2.05) is 0 Å². The van der Waals surface area contributed by atoms with E-state index in [1.54, 1.807) is 6.92 Å². The molecule has 0 spiro atoms. The van der Waals surface area contributed by atoms with Crippen LogP contribution in [0.4, 0.5) is 4.39 Å². The summed E-state index contributed by atoms with van der Waals surface area (Å²) in [6, 6.07) is 0. The van der Waals surface area contributed by atoms with Gasteiger partial charge in [0.05, 0.1) is 7.11 Å². The minimum absolute atomic E-state index is 0.0393. The van der Waals surface area contributed by atoms with Crippen molar-refractivity contribution < 1.29 is 9.13 Å². The van der Waals surface area contributed by atoms with Gasteiger partial charge in [-0.05, 0) is 12.5 Å². The van der Waals surface area contributed by atoms with Crippen molar-refractivity contribution >= 4 is 0 Å². The third kappa shape index (κ3) is 2.05. The summed E-state index contributed by atoms with van der Waals surface area (Å²) in [5.74, 6) is -0.407. The third-order valence-corrected chi connectivity index (χ3v) is 1.14. The molecule has 0 atom stereocenters. The van der Waals surface area contributed by atoms with E-state index in [1.165, 1.54) is 13.2 Å². The van der Waals surface area contributed by atoms with Crippen molar-refractivity contribution in [1.29, 1.82) is 0 Å². The van der Waals surface area contributed by atoms with Gasteiger partial charge in [0.1, 0.15) is 5.76 Å². The minimum Gasteiger partial charge on any atom is -0.494 e. The fourth-order valence-electron chi connectivity index (χ4n) is 0.399. The summed E-state index contributed by atoms with van der Waals surface area (Å²) >= 11 is 0. The largest absolute Gasteiger partial charge is 0.494 e. The summed E-state index contributed by atoms with van der Waals surface area (Å²) in [6.07, 6.45) is 1.42. The van der Waals surface area contributed by atoms with Gasteiger partial charge in [0.2, 0.25) is 0 Å². The van der Waals surface area contributed by atoms with Crippen LogP contribution in [0.3, 0.4) is 0 Å². The first-order valence-electron chi connectivity index (χ1n) is 2.85. The van der Waals surface area contributed by atoms with Gasteiger partial charge >= 0.3 is 0 Å². The van der Waals surface area contributed by atoms with Gasteiger partial charge in [-0.1, -0.05) is 19.2 Å². The average molecular weight is 142 g/mol. The first-order chi connectivity index (χ1) is 4.63. The lowest BCUT2D eigenvalue weighted by molar-refractivity contribution is 0.284. The maximum atomic E-state index is 12.8. The molecule has 0 amide bonds. The zero-order valence-electron chi connectivity index (χ0n) is 6.28. The van der Waals surface area contributed by atoms with Gasteiger partial charge in [-0.2, -0.15) is 0 Å². The average Bonchev–Trinajstić information content (AvgIpc) is 2.00. The molecule has 1 nitrogen and oxygen atoms in total. The maximum Gasteiger partial charge on any atom is 0.167 e. The molecule has 0 aliphatic rings. The summed E-state index contributed by atoms with van der Waals surface area (Å²) in [5.41, 5.74) is 0.437. The normalized spacial score (nSPS) is 11.9. The second-order valence-corrected chi connectivity index (χ2v) is 1.83. The number of allylic oxidation sites excluding steroid dienone is 3. The molecule has 0 unspecified atom stereocenters. The lowest BCUT2D eigenvalue weighted by Gasteiger charge is -2.01. The quantitative estimate of drug-likeness (QED) is 0.434. The second kappa shape index (κ2) is 3.88. The number of methoxy groups -OCH3 is 1. The Morgan fingerprint density at radius 2 is 2.10 bits per heavy atom. The fraction of sp³-hybridized carbons (Fsp3) is 0.250. The second-order valence-electron chi connectivity index (χ2n) is 1.83. The van der Waals surface area contributed by atoms with Gasteiger partial charge in [0.25, 0.3) is 0 Å². The standard InChI is InChI=1S/C8H11FO/c1-5-6(2)8(9)7(3)10-4/h5H,1,3H2,2,4H3/b8-6+. The van der Waals surface area contributed by atoms with Crippen LogP contribution in [-0.4, -0.2) is 7.11 Å². The van der Waals surface area contributed by atoms with Crippen molar-refractivity contribution in [2.24, 2.45) is 0 Å². The molecule has 0 heterocycles. The van der Waals surface area contributed by atoms with Gasteiger partial charge in [-0.15, -0.1) is 0 Å². The molecular formula is C8H11FO. The Hall–Kier alpha value is -1.05. The van der Waals surface area contributed by atoms with Crippen LogP contribution >= 0.6 is 0 Å². The molecule has 0 rings (SSSR count). The predicted octanol–water partition coefficient (Wildman–Crippen LogP) is 2.58. The number of hydrogen-bond acceptors (Lipinski definition) is 1. The third-order valence-electron chi connectivity index (χ3n) is 1.14. The number of halogens is 1. The van der Waals surface area contributed by atoms with E-state index in [0.29, 0.717) is 5.57 Å². The SMILES string of the molecule is C=C/C(C)=C(/F)C(=C)OC. The highest BCUT2D eigenvalue weighted by molar-refractivity contribution is 5.28. The summed E-state index contributed by atoms with van der Waals surface area (Å²) in [4.78, 5) is 0. The summed E-state index contributed by atoms with van der Waals surface area (Å²) in [6.45, 7) is 8.35. The van der Waals surface area contributed by atoms with Crippen molar-refractivity contribution in [3.05, 3.63) is 36.4 Å². The van der Waals surface area contributed by atoms with E-state index in [4.69, 9.17) is 0 Å². The van der Waals surface area contributed by atoms with E-state index in [2.05, 4.69) is 17.9 Å². The molecule has 2 heteroatoms. The van der Waals surface area contributed by atoms with Crippen LogP contribution in [-0.2, 0) is 4.74 Å². The molecule has 0 saturated carbocycles. The zero-order valence-corrected chi connectivity index (χ0v) is 6.28. The predicted molar refractivity (Wildman–Crippen MR) is 40.2 cm³/mol. The lowest BCUT2D eigenvalue weighted by Crippen LogP contribution is -1.87. The topological polar surface area (TPSA) is 9.23 Å². The molecule has 0 aliphatic heterocycles. The van der Waals surface area contributed by atoms with Crippen molar-refractivity contribution in [2.45, 2.75) is 6.92 Å². The highest BCUT2D eigenvalue weighted by Gasteiger charge is 2.02. The Morgan fingerprint density at radius 1 is 1.60 bits per heavy atom. The fourth-order valence-corrected chi connectivity index (χ4v) is 0.399. The molecule has 0 bridgehead atoms. The number of hydrogen-bond donors (Lipinski definition) is 0. The Labute approximate surface area is 60.5 Å². The highest BCUT2D eigenvalue weighted by Crippen LogP contribution is 2.15. The lowest BCUT2D eigenvalue weighted by atomic mass is 10.2. The van der Waals surface area contributed by atoms with Gasteiger partial charge in [-0.3, -0.25) is 0 Å². The molecule has 0 aromatic rings. The first kappa shape index (κ1) is 8.95. The zero-order chi connectivity index (χ0) is 8.15. The van der Waals surface area contributed by atoms with E-state index >= 15 is 0 Å². The van der Waals surface area contributed by atoms with Crippen LogP contribution in [0.1, 0.15) is 6.92 Å². The van der Waals surface area contributed by atoms with Crippen LogP contribution in [0.5, 0.6) is 0 Å². The summed E-state index contributed by atoms with van der Waals surface area (Å²) in [7, 11) is 1.37. The monoisotopic (exact) mass is 142 g/mol. The van der Waals surface area contributed by atoms with E-state index in [-0.39, 0.29) is 5.76 Å². The van der Waals surface area contributed by atoms with E-state index in [0.717, 1.165) is 0 Å². The first-order valence-corrected chi connectivity index (χ1v) is 2.85. The molecule has 10 heavy (non-hydrogen) atoms. The molecule has 0 fully saturated rings. The molecule has 56 valence electrons. The van der Waals surface area contributed by atoms with E-state index < -0.39 is 5.83 Å². The molecular weight excluding hydrogens is 131 g/mol. The number of rotatable bonds is 3. The van der Waals surface area contributed by atoms with Crippen molar-refractivity contribution in [3.8, 4) is 0 Å². The molecule has 0 N–H and O–H groups in total. The smallest absolute Gasteiger partial charge is 0.167 e. The Bertz CT molecular complexity index is 180. The molecule has 0 aromatic carbocycles. The van der Waals surface area contributed by atoms with Crippen LogP contribution in [0.2, 0.25) is 0 Å². The Morgan fingerprint density at radius 3 is 2.40 bits per heavy atom. The van der Waals surface area contributed by atoms with Crippen molar-refractivity contribution in [2.75, 3.05) is 7.11 Å². The van der Waals surface area contributed by atoms with Crippen LogP contribution < -0.4 is 0 Å². The number of ether oxygens (including phenoxy) is 1. The van der Waals surface area contributed by atoms with E-state index in [9.17, 15) is 4.39 Å². The van der Waals surface area contributed by atoms with Crippen LogP contribution in [0.15, 0.2) is 36.4 Å². The van der Waals surface area contributed by atoms with Gasteiger partial charge in [0, 0.05) is 0 Å². The van der Waals surface area contributed by atoms with Gasteiger partial charge in [0.15, 0.2) is 5.83 Å². The van der Waals surface area contributed by atoms with Gasteiger partial charge in [-0.25, -0.2) is 4.39 Å². The van der Waals surface area contributed by atoms with Crippen molar-refractivity contribution in [1.82, 2.24) is 0 Å². The summed E-state index contributed by atoms with van der Waals surface area (Å²) < 4.78 is 17.3. The van der Waals surface area contributed by atoms with Crippen LogP contribution in [0, 0.1) is 0 Å². The van der Waals surface area contributed by atoms with Gasteiger partial charge < -0.3 is 4.74 Å².